The first-order valence-electron chi connectivity index (χ1n) is 9.39. The molecule has 0 saturated carbocycles. The largest absolute Gasteiger partial charge is 0.493 e. The first kappa shape index (κ1) is 21.9. The average molecular weight is 397 g/mol. The molecule has 0 aliphatic carbocycles. The van der Waals surface area contributed by atoms with E-state index >= 15 is 0 Å². The zero-order valence-corrected chi connectivity index (χ0v) is 17.0. The SMILES string of the molecule is COc1ccc(CCNC(=O)C(=O)N/N=C(/C)CCc2ccccc2)cc1OC. The minimum Gasteiger partial charge on any atom is -0.493 e. The quantitative estimate of drug-likeness (QED) is 0.387. The van der Waals surface area contributed by atoms with Gasteiger partial charge in [-0.1, -0.05) is 36.4 Å². The van der Waals surface area contributed by atoms with Crippen molar-refractivity contribution in [2.45, 2.75) is 26.2 Å². The van der Waals surface area contributed by atoms with Crippen LogP contribution in [0.15, 0.2) is 53.6 Å². The smallest absolute Gasteiger partial charge is 0.329 e. The highest BCUT2D eigenvalue weighted by Crippen LogP contribution is 2.27. The lowest BCUT2D eigenvalue weighted by Crippen LogP contribution is -2.39. The summed E-state index contributed by atoms with van der Waals surface area (Å²) in [6, 6.07) is 15.5. The van der Waals surface area contributed by atoms with E-state index in [9.17, 15) is 9.59 Å². The van der Waals surface area contributed by atoms with Crippen molar-refractivity contribution in [1.82, 2.24) is 10.7 Å². The molecule has 2 amide bonds. The number of hydrogen-bond acceptors (Lipinski definition) is 5. The van der Waals surface area contributed by atoms with Crippen LogP contribution in [0.3, 0.4) is 0 Å². The molecule has 2 aromatic rings. The highest BCUT2D eigenvalue weighted by Gasteiger charge is 2.12. The van der Waals surface area contributed by atoms with Gasteiger partial charge in [0.05, 0.1) is 14.2 Å². The van der Waals surface area contributed by atoms with E-state index in [0.717, 1.165) is 17.7 Å². The fourth-order valence-electron chi connectivity index (χ4n) is 2.66. The summed E-state index contributed by atoms with van der Waals surface area (Å²) in [5.41, 5.74) is 5.20. The van der Waals surface area contributed by atoms with Gasteiger partial charge in [0.2, 0.25) is 0 Å². The van der Waals surface area contributed by atoms with E-state index in [-0.39, 0.29) is 0 Å². The number of carbonyl (C=O) groups excluding carboxylic acids is 2. The minimum atomic E-state index is -0.781. The van der Waals surface area contributed by atoms with E-state index in [2.05, 4.69) is 15.8 Å². The number of nitrogens with zero attached hydrogens (tertiary/aromatic N) is 1. The topological polar surface area (TPSA) is 89.0 Å². The van der Waals surface area contributed by atoms with Crippen molar-refractivity contribution in [2.24, 2.45) is 5.10 Å². The molecule has 0 spiro atoms. The highest BCUT2D eigenvalue weighted by atomic mass is 16.5. The molecule has 0 bridgehead atoms. The second kappa shape index (κ2) is 11.5. The number of ether oxygens (including phenoxy) is 2. The highest BCUT2D eigenvalue weighted by molar-refractivity contribution is 6.35. The standard InChI is InChI=1S/C22H27N3O4/c1-16(9-10-17-7-5-4-6-8-17)24-25-22(27)21(26)23-14-13-18-11-12-19(28-2)20(15-18)29-3/h4-8,11-12,15H,9-10,13-14H2,1-3H3,(H,23,26)(H,25,27)/b24-16-. The third kappa shape index (κ3) is 7.29. The third-order valence-electron chi connectivity index (χ3n) is 4.32. The number of rotatable bonds is 9. The van der Waals surface area contributed by atoms with Crippen LogP contribution in [0.25, 0.3) is 0 Å². The van der Waals surface area contributed by atoms with Crippen LogP contribution in [0, 0.1) is 0 Å². The van der Waals surface area contributed by atoms with E-state index in [0.29, 0.717) is 30.9 Å². The van der Waals surface area contributed by atoms with Gasteiger partial charge in [-0.3, -0.25) is 9.59 Å². The number of carbonyl (C=O) groups is 2. The molecule has 154 valence electrons. The zero-order chi connectivity index (χ0) is 21.1. The Morgan fingerprint density at radius 2 is 1.62 bits per heavy atom. The van der Waals surface area contributed by atoms with Crippen LogP contribution in [0.1, 0.15) is 24.5 Å². The Hall–Kier alpha value is -3.35. The summed E-state index contributed by atoms with van der Waals surface area (Å²) in [6.07, 6.45) is 2.08. The normalized spacial score (nSPS) is 10.9. The molecule has 2 rings (SSSR count). The molecule has 0 heterocycles. The molecule has 2 N–H and O–H groups in total. The second-order valence-electron chi connectivity index (χ2n) is 6.47. The van der Waals surface area contributed by atoms with Gasteiger partial charge >= 0.3 is 11.8 Å². The Balaban J connectivity index is 1.73. The predicted molar refractivity (Wildman–Crippen MR) is 112 cm³/mol. The van der Waals surface area contributed by atoms with Crippen molar-refractivity contribution in [2.75, 3.05) is 20.8 Å². The van der Waals surface area contributed by atoms with Crippen LogP contribution < -0.4 is 20.2 Å². The summed E-state index contributed by atoms with van der Waals surface area (Å²) < 4.78 is 10.4. The van der Waals surface area contributed by atoms with E-state index in [4.69, 9.17) is 9.47 Å². The van der Waals surface area contributed by atoms with Crippen molar-refractivity contribution in [3.63, 3.8) is 0 Å². The lowest BCUT2D eigenvalue weighted by Gasteiger charge is -2.10. The van der Waals surface area contributed by atoms with Gasteiger partial charge < -0.3 is 14.8 Å². The summed E-state index contributed by atoms with van der Waals surface area (Å²) >= 11 is 0. The number of nitrogens with one attached hydrogen (secondary N) is 2. The van der Waals surface area contributed by atoms with Gasteiger partial charge in [-0.15, -0.1) is 0 Å². The first-order valence-corrected chi connectivity index (χ1v) is 9.39. The number of aryl methyl sites for hydroxylation is 1. The van der Waals surface area contributed by atoms with Gasteiger partial charge in [0.15, 0.2) is 11.5 Å². The van der Waals surface area contributed by atoms with Crippen LogP contribution in [-0.2, 0) is 22.4 Å². The van der Waals surface area contributed by atoms with Gasteiger partial charge in [0, 0.05) is 12.3 Å². The first-order chi connectivity index (χ1) is 14.0. The molecule has 0 atom stereocenters. The summed E-state index contributed by atoms with van der Waals surface area (Å²) in [5, 5.41) is 6.58. The maximum atomic E-state index is 11.9. The number of hydrogen-bond donors (Lipinski definition) is 2. The fourth-order valence-corrected chi connectivity index (χ4v) is 2.66. The minimum absolute atomic E-state index is 0.318. The van der Waals surface area contributed by atoms with E-state index in [1.165, 1.54) is 5.56 Å². The van der Waals surface area contributed by atoms with Gasteiger partial charge in [0.1, 0.15) is 0 Å². The van der Waals surface area contributed by atoms with Crippen LogP contribution in [0.4, 0.5) is 0 Å². The Morgan fingerprint density at radius 1 is 0.897 bits per heavy atom. The molecule has 0 aliphatic rings. The Morgan fingerprint density at radius 3 is 2.31 bits per heavy atom. The van der Waals surface area contributed by atoms with Crippen LogP contribution in [0.2, 0.25) is 0 Å². The molecule has 0 saturated heterocycles. The molecular formula is C22H27N3O4. The lowest BCUT2D eigenvalue weighted by molar-refractivity contribution is -0.139. The van der Waals surface area contributed by atoms with E-state index in [1.807, 2.05) is 49.4 Å². The maximum Gasteiger partial charge on any atom is 0.329 e. The van der Waals surface area contributed by atoms with E-state index in [1.54, 1.807) is 20.3 Å². The molecule has 29 heavy (non-hydrogen) atoms. The van der Waals surface area contributed by atoms with Crippen molar-refractivity contribution >= 4 is 17.5 Å². The second-order valence-corrected chi connectivity index (χ2v) is 6.47. The number of methoxy groups -OCH3 is 2. The van der Waals surface area contributed by atoms with Gasteiger partial charge in [-0.25, -0.2) is 5.43 Å². The van der Waals surface area contributed by atoms with E-state index < -0.39 is 11.8 Å². The van der Waals surface area contributed by atoms with Crippen LogP contribution >= 0.6 is 0 Å². The zero-order valence-electron chi connectivity index (χ0n) is 17.0. The molecule has 7 heteroatoms. The average Bonchev–Trinajstić information content (AvgIpc) is 2.76. The Kier molecular flexibility index (Phi) is 8.69. The third-order valence-corrected chi connectivity index (χ3v) is 4.32. The Labute approximate surface area is 171 Å². The van der Waals surface area contributed by atoms with Crippen molar-refractivity contribution in [3.8, 4) is 11.5 Å². The molecule has 2 aromatic carbocycles. The summed E-state index contributed by atoms with van der Waals surface area (Å²) in [6.45, 7) is 2.14. The maximum absolute atomic E-state index is 11.9. The lowest BCUT2D eigenvalue weighted by atomic mass is 10.1. The van der Waals surface area contributed by atoms with Crippen molar-refractivity contribution < 1.29 is 19.1 Å². The molecule has 0 aliphatic heterocycles. The summed E-state index contributed by atoms with van der Waals surface area (Å²) in [7, 11) is 3.14. The van der Waals surface area contributed by atoms with Crippen molar-refractivity contribution in [3.05, 3.63) is 59.7 Å². The molecule has 0 unspecified atom stereocenters. The molecule has 0 aromatic heterocycles. The van der Waals surface area contributed by atoms with Gasteiger partial charge in [-0.05, 0) is 49.4 Å². The monoisotopic (exact) mass is 397 g/mol. The fraction of sp³-hybridized carbons (Fsp3) is 0.318. The molecule has 0 fully saturated rings. The predicted octanol–water partition coefficient (Wildman–Crippen LogP) is 2.49. The summed E-state index contributed by atoms with van der Waals surface area (Å²) in [5.74, 6) is -0.240. The summed E-state index contributed by atoms with van der Waals surface area (Å²) in [4.78, 5) is 23.8. The number of amides is 2. The van der Waals surface area contributed by atoms with Crippen molar-refractivity contribution in [1.29, 1.82) is 0 Å². The van der Waals surface area contributed by atoms with Crippen LogP contribution in [-0.4, -0.2) is 38.3 Å². The van der Waals surface area contributed by atoms with Crippen LogP contribution in [0.5, 0.6) is 11.5 Å². The molecule has 0 radical (unpaired) electrons. The molecule has 7 nitrogen and oxygen atoms in total. The molecular weight excluding hydrogens is 370 g/mol. The van der Waals surface area contributed by atoms with Gasteiger partial charge in [0.25, 0.3) is 0 Å². The Bertz CT molecular complexity index is 850. The van der Waals surface area contributed by atoms with Gasteiger partial charge in [-0.2, -0.15) is 5.10 Å². The number of hydrazone groups is 1. The number of benzene rings is 2.